The number of alkyl halides is 1. The van der Waals surface area contributed by atoms with Gasteiger partial charge in [-0.2, -0.15) is 0 Å². The van der Waals surface area contributed by atoms with Crippen LogP contribution in [0.4, 0.5) is 8.78 Å². The number of hydrogen-bond donors (Lipinski definition) is 0. The molecule has 0 radical (unpaired) electrons. The third-order valence-corrected chi connectivity index (χ3v) is 4.10. The minimum absolute atomic E-state index is 0.291. The molecule has 1 aromatic carbocycles. The van der Waals surface area contributed by atoms with Gasteiger partial charge in [-0.15, -0.1) is 5.10 Å². The molecule has 3 aromatic heterocycles. The summed E-state index contributed by atoms with van der Waals surface area (Å²) in [4.78, 5) is 4.36. The topological polar surface area (TPSA) is 48.0 Å². The number of rotatable bonds is 4. The van der Waals surface area contributed by atoms with Gasteiger partial charge in [-0.3, -0.25) is 4.39 Å². The van der Waals surface area contributed by atoms with E-state index in [9.17, 15) is 8.78 Å². The van der Waals surface area contributed by atoms with E-state index in [2.05, 4.69) is 15.3 Å². The lowest BCUT2D eigenvalue weighted by Crippen LogP contribution is -2.01. The molecule has 0 aliphatic rings. The molecule has 126 valence electrons. The molecule has 0 spiro atoms. The van der Waals surface area contributed by atoms with Crippen LogP contribution in [0.5, 0.6) is 0 Å². The SMILES string of the molecule is Cc1c(-c2ccc3nc(CCF)cn3c2)nnn1-c1ccccc1F. The molecule has 25 heavy (non-hydrogen) atoms. The van der Waals surface area contributed by atoms with Crippen molar-refractivity contribution in [1.82, 2.24) is 24.4 Å². The summed E-state index contributed by atoms with van der Waals surface area (Å²) < 4.78 is 29.8. The summed E-state index contributed by atoms with van der Waals surface area (Å²) in [6.45, 7) is 1.40. The number of aryl methyl sites for hydroxylation is 1. The smallest absolute Gasteiger partial charge is 0.148 e. The molecule has 0 saturated carbocycles. The molecular formula is C18H15F2N5. The Bertz CT molecular complexity index is 1050. The van der Waals surface area contributed by atoms with Crippen LogP contribution in [0.1, 0.15) is 11.4 Å². The van der Waals surface area contributed by atoms with Crippen LogP contribution in [-0.4, -0.2) is 31.1 Å². The lowest BCUT2D eigenvalue weighted by atomic mass is 10.1. The quantitative estimate of drug-likeness (QED) is 0.571. The zero-order valence-electron chi connectivity index (χ0n) is 13.5. The summed E-state index contributed by atoms with van der Waals surface area (Å²) in [7, 11) is 0. The third kappa shape index (κ3) is 2.67. The Morgan fingerprint density at radius 3 is 2.72 bits per heavy atom. The van der Waals surface area contributed by atoms with Crippen LogP contribution >= 0.6 is 0 Å². The first-order valence-corrected chi connectivity index (χ1v) is 7.88. The van der Waals surface area contributed by atoms with E-state index in [0.29, 0.717) is 23.5 Å². The summed E-state index contributed by atoms with van der Waals surface area (Å²) >= 11 is 0. The second-order valence-electron chi connectivity index (χ2n) is 5.74. The van der Waals surface area contributed by atoms with Gasteiger partial charge < -0.3 is 4.40 Å². The number of benzene rings is 1. The van der Waals surface area contributed by atoms with Crippen LogP contribution < -0.4 is 0 Å². The molecule has 0 saturated heterocycles. The minimum Gasteiger partial charge on any atom is -0.306 e. The molecule has 0 unspecified atom stereocenters. The number of pyridine rings is 1. The normalized spacial score (nSPS) is 11.3. The van der Waals surface area contributed by atoms with Gasteiger partial charge in [-0.05, 0) is 31.2 Å². The number of para-hydroxylation sites is 1. The van der Waals surface area contributed by atoms with Gasteiger partial charge in [0.25, 0.3) is 0 Å². The van der Waals surface area contributed by atoms with E-state index >= 15 is 0 Å². The molecule has 0 aliphatic heterocycles. The molecule has 0 atom stereocenters. The Kier molecular flexibility index (Phi) is 3.76. The van der Waals surface area contributed by atoms with Crippen molar-refractivity contribution in [3.05, 3.63) is 66.0 Å². The minimum atomic E-state index is -0.438. The fraction of sp³-hybridized carbons (Fsp3) is 0.167. The highest BCUT2D eigenvalue weighted by atomic mass is 19.1. The molecule has 7 heteroatoms. The van der Waals surface area contributed by atoms with Crippen LogP contribution in [0.25, 0.3) is 22.6 Å². The lowest BCUT2D eigenvalue weighted by molar-refractivity contribution is 0.492. The Hall–Kier alpha value is -3.09. The van der Waals surface area contributed by atoms with E-state index in [1.165, 1.54) is 10.7 Å². The largest absolute Gasteiger partial charge is 0.306 e. The first-order chi connectivity index (χ1) is 12.2. The number of hydrogen-bond acceptors (Lipinski definition) is 3. The van der Waals surface area contributed by atoms with Crippen LogP contribution in [0, 0.1) is 12.7 Å². The second-order valence-corrected chi connectivity index (χ2v) is 5.74. The van der Waals surface area contributed by atoms with Gasteiger partial charge in [0.2, 0.25) is 0 Å². The monoisotopic (exact) mass is 339 g/mol. The van der Waals surface area contributed by atoms with Gasteiger partial charge in [-0.25, -0.2) is 14.1 Å². The van der Waals surface area contributed by atoms with Crippen molar-refractivity contribution in [3.63, 3.8) is 0 Å². The lowest BCUT2D eigenvalue weighted by Gasteiger charge is -2.05. The molecule has 3 heterocycles. The highest BCUT2D eigenvalue weighted by Crippen LogP contribution is 2.24. The number of halogens is 2. The molecule has 4 rings (SSSR count). The van der Waals surface area contributed by atoms with Crippen LogP contribution in [-0.2, 0) is 6.42 Å². The summed E-state index contributed by atoms with van der Waals surface area (Å²) in [5.74, 6) is -0.358. The van der Waals surface area contributed by atoms with E-state index in [0.717, 1.165) is 16.9 Å². The molecule has 4 aromatic rings. The number of imidazole rings is 1. The van der Waals surface area contributed by atoms with Crippen molar-refractivity contribution in [3.8, 4) is 16.9 Å². The van der Waals surface area contributed by atoms with Gasteiger partial charge in [0.05, 0.1) is 18.1 Å². The van der Waals surface area contributed by atoms with Crippen molar-refractivity contribution < 1.29 is 8.78 Å². The van der Waals surface area contributed by atoms with E-state index in [-0.39, 0.29) is 5.82 Å². The maximum atomic E-state index is 14.0. The molecule has 0 fully saturated rings. The van der Waals surface area contributed by atoms with E-state index in [1.807, 2.05) is 29.7 Å². The van der Waals surface area contributed by atoms with Gasteiger partial charge in [0.1, 0.15) is 22.8 Å². The molecular weight excluding hydrogens is 324 g/mol. The maximum Gasteiger partial charge on any atom is 0.148 e. The van der Waals surface area contributed by atoms with Crippen LogP contribution in [0.15, 0.2) is 48.8 Å². The van der Waals surface area contributed by atoms with Crippen molar-refractivity contribution in [2.45, 2.75) is 13.3 Å². The first-order valence-electron chi connectivity index (χ1n) is 7.88. The van der Waals surface area contributed by atoms with Crippen molar-refractivity contribution in [2.24, 2.45) is 0 Å². The highest BCUT2D eigenvalue weighted by Gasteiger charge is 2.15. The predicted octanol–water partition coefficient (Wildman–Crippen LogP) is 3.54. The van der Waals surface area contributed by atoms with Gasteiger partial charge in [-0.1, -0.05) is 17.3 Å². The van der Waals surface area contributed by atoms with E-state index in [4.69, 9.17) is 0 Å². The summed E-state index contributed by atoms with van der Waals surface area (Å²) in [6, 6.07) is 10.2. The average molecular weight is 339 g/mol. The Morgan fingerprint density at radius 2 is 1.92 bits per heavy atom. The molecule has 0 N–H and O–H groups in total. The van der Waals surface area contributed by atoms with Crippen LogP contribution in [0.3, 0.4) is 0 Å². The van der Waals surface area contributed by atoms with Gasteiger partial charge in [0, 0.05) is 24.4 Å². The van der Waals surface area contributed by atoms with Crippen LogP contribution in [0.2, 0.25) is 0 Å². The summed E-state index contributed by atoms with van der Waals surface area (Å²) in [5.41, 5.74) is 4.02. The molecule has 0 amide bonds. The van der Waals surface area contributed by atoms with E-state index in [1.54, 1.807) is 24.4 Å². The Balaban J connectivity index is 1.78. The highest BCUT2D eigenvalue weighted by molar-refractivity contribution is 5.63. The second kappa shape index (κ2) is 6.08. The van der Waals surface area contributed by atoms with Crippen molar-refractivity contribution >= 4 is 5.65 Å². The molecule has 5 nitrogen and oxygen atoms in total. The number of aromatic nitrogens is 5. The predicted molar refractivity (Wildman–Crippen MR) is 89.9 cm³/mol. The maximum absolute atomic E-state index is 14.0. The summed E-state index contributed by atoms with van der Waals surface area (Å²) in [6.07, 6.45) is 3.96. The fourth-order valence-electron chi connectivity index (χ4n) is 2.85. The zero-order valence-corrected chi connectivity index (χ0v) is 13.5. The summed E-state index contributed by atoms with van der Waals surface area (Å²) in [5, 5.41) is 8.30. The van der Waals surface area contributed by atoms with Crippen molar-refractivity contribution in [1.29, 1.82) is 0 Å². The molecule has 0 bridgehead atoms. The van der Waals surface area contributed by atoms with E-state index < -0.39 is 6.67 Å². The standard InChI is InChI=1S/C18H15F2N5/c1-12-18(22-23-25(12)16-5-3-2-4-15(16)20)13-6-7-17-21-14(8-9-19)11-24(17)10-13/h2-7,10-11H,8-9H2,1H3. The first kappa shape index (κ1) is 15.4. The fourth-order valence-corrected chi connectivity index (χ4v) is 2.85. The Labute approximate surface area is 142 Å². The number of nitrogens with zero attached hydrogens (tertiary/aromatic N) is 5. The molecule has 0 aliphatic carbocycles. The van der Waals surface area contributed by atoms with Gasteiger partial charge in [0.15, 0.2) is 0 Å². The Morgan fingerprint density at radius 1 is 1.08 bits per heavy atom. The van der Waals surface area contributed by atoms with Gasteiger partial charge >= 0.3 is 0 Å². The van der Waals surface area contributed by atoms with Crippen molar-refractivity contribution in [2.75, 3.05) is 6.67 Å². The zero-order chi connectivity index (χ0) is 17.4. The number of fused-ring (bicyclic) bond motifs is 1. The average Bonchev–Trinajstić information content (AvgIpc) is 3.18. The third-order valence-electron chi connectivity index (χ3n) is 4.10.